The summed E-state index contributed by atoms with van der Waals surface area (Å²) in [5.41, 5.74) is 1.12. The summed E-state index contributed by atoms with van der Waals surface area (Å²) in [6, 6.07) is 13.5. The van der Waals surface area contributed by atoms with Crippen LogP contribution in [0.5, 0.6) is 0 Å². The lowest BCUT2D eigenvalue weighted by atomic mass is 10.2. The van der Waals surface area contributed by atoms with E-state index in [9.17, 15) is 0 Å². The predicted molar refractivity (Wildman–Crippen MR) is 85.1 cm³/mol. The highest BCUT2D eigenvalue weighted by Gasteiger charge is 2.13. The molecule has 0 aliphatic heterocycles. The van der Waals surface area contributed by atoms with Gasteiger partial charge in [0.05, 0.1) is 18.4 Å². The van der Waals surface area contributed by atoms with Crippen molar-refractivity contribution in [3.05, 3.63) is 66.1 Å². The molecule has 0 N–H and O–H groups in total. The van der Waals surface area contributed by atoms with Crippen LogP contribution in [0.2, 0.25) is 0 Å². The summed E-state index contributed by atoms with van der Waals surface area (Å²) in [7, 11) is 0. The van der Waals surface area contributed by atoms with Crippen molar-refractivity contribution in [1.82, 2.24) is 20.4 Å². The molecule has 1 aromatic carbocycles. The predicted octanol–water partition coefficient (Wildman–Crippen LogP) is 3.60. The van der Waals surface area contributed by atoms with Crippen LogP contribution in [0, 0.1) is 0 Å². The molecule has 0 aliphatic rings. The molecule has 0 saturated heterocycles. The van der Waals surface area contributed by atoms with E-state index >= 15 is 0 Å². The summed E-state index contributed by atoms with van der Waals surface area (Å²) < 4.78 is 16.4. The van der Waals surface area contributed by atoms with Crippen LogP contribution in [-0.4, -0.2) is 20.4 Å². The van der Waals surface area contributed by atoms with Gasteiger partial charge in [-0.1, -0.05) is 42.1 Å². The fraction of sp³-hybridized carbons (Fsp3) is 0.125. The molecule has 3 heterocycles. The second-order valence-electron chi connectivity index (χ2n) is 4.89. The van der Waals surface area contributed by atoms with Gasteiger partial charge in [0.2, 0.25) is 11.8 Å². The smallest absolute Gasteiger partial charge is 0.283 e. The molecule has 7 nitrogen and oxygen atoms in total. The average molecular weight is 340 g/mol. The van der Waals surface area contributed by atoms with Gasteiger partial charge < -0.3 is 13.3 Å². The minimum absolute atomic E-state index is 0.353. The first-order valence-electron chi connectivity index (χ1n) is 7.22. The van der Waals surface area contributed by atoms with Crippen molar-refractivity contribution in [2.24, 2.45) is 0 Å². The van der Waals surface area contributed by atoms with Gasteiger partial charge in [-0.05, 0) is 17.7 Å². The standard InChI is InChI=1S/C16H12N4O3S/c1-2-5-11(6-3-1)9-13-17-20-16(23-13)24-10-14-18-19-15(22-14)12-7-4-8-21-12/h1-8H,9-10H2. The van der Waals surface area contributed by atoms with E-state index in [-0.39, 0.29) is 0 Å². The molecule has 0 unspecified atom stereocenters. The first-order valence-corrected chi connectivity index (χ1v) is 8.21. The molecular formula is C16H12N4O3S. The van der Waals surface area contributed by atoms with Crippen molar-refractivity contribution in [1.29, 1.82) is 0 Å². The highest BCUT2D eigenvalue weighted by molar-refractivity contribution is 7.98. The maximum Gasteiger partial charge on any atom is 0.283 e. The summed E-state index contributed by atoms with van der Waals surface area (Å²) in [6.07, 6.45) is 2.16. The Hall–Kier alpha value is -2.87. The van der Waals surface area contributed by atoms with Crippen molar-refractivity contribution in [2.45, 2.75) is 17.4 Å². The van der Waals surface area contributed by atoms with Gasteiger partial charge >= 0.3 is 0 Å². The summed E-state index contributed by atoms with van der Waals surface area (Å²) in [4.78, 5) is 0. The van der Waals surface area contributed by atoms with Crippen LogP contribution in [0.25, 0.3) is 11.7 Å². The van der Waals surface area contributed by atoms with Crippen LogP contribution in [0.1, 0.15) is 17.3 Å². The van der Waals surface area contributed by atoms with Gasteiger partial charge in [-0.2, -0.15) is 0 Å². The maximum atomic E-state index is 5.62. The summed E-state index contributed by atoms with van der Waals surface area (Å²) in [5, 5.41) is 16.5. The van der Waals surface area contributed by atoms with Crippen molar-refractivity contribution < 1.29 is 13.3 Å². The Kier molecular flexibility index (Phi) is 4.11. The number of hydrogen-bond acceptors (Lipinski definition) is 8. The van der Waals surface area contributed by atoms with Crippen LogP contribution >= 0.6 is 11.8 Å². The Morgan fingerprint density at radius 3 is 2.54 bits per heavy atom. The first kappa shape index (κ1) is 14.7. The van der Waals surface area contributed by atoms with Crippen LogP contribution in [0.3, 0.4) is 0 Å². The molecule has 0 aliphatic carbocycles. The monoisotopic (exact) mass is 340 g/mol. The molecule has 8 heteroatoms. The highest BCUT2D eigenvalue weighted by Crippen LogP contribution is 2.24. The van der Waals surface area contributed by atoms with E-state index in [0.717, 1.165) is 5.56 Å². The van der Waals surface area contributed by atoms with E-state index in [1.807, 2.05) is 30.3 Å². The molecule has 4 rings (SSSR count). The molecule has 0 bridgehead atoms. The molecule has 0 fully saturated rings. The Morgan fingerprint density at radius 1 is 0.833 bits per heavy atom. The third-order valence-electron chi connectivity index (χ3n) is 3.16. The van der Waals surface area contributed by atoms with Crippen molar-refractivity contribution in [3.63, 3.8) is 0 Å². The molecule has 3 aromatic heterocycles. The molecule has 120 valence electrons. The molecule has 0 saturated carbocycles. The van der Waals surface area contributed by atoms with E-state index in [1.165, 1.54) is 11.8 Å². The first-order chi connectivity index (χ1) is 11.9. The van der Waals surface area contributed by atoms with E-state index in [4.69, 9.17) is 13.3 Å². The summed E-state index contributed by atoms with van der Waals surface area (Å²) >= 11 is 1.35. The lowest BCUT2D eigenvalue weighted by molar-refractivity contribution is 0.419. The highest BCUT2D eigenvalue weighted by atomic mass is 32.2. The third kappa shape index (κ3) is 3.38. The topological polar surface area (TPSA) is 91.0 Å². The minimum atomic E-state index is 0.353. The Balaban J connectivity index is 1.36. The Labute approximate surface area is 141 Å². The fourth-order valence-corrected chi connectivity index (χ4v) is 2.69. The zero-order chi connectivity index (χ0) is 16.2. The molecule has 0 amide bonds. The molecular weight excluding hydrogens is 328 g/mol. The molecule has 24 heavy (non-hydrogen) atoms. The number of nitrogens with zero attached hydrogens (tertiary/aromatic N) is 4. The lowest BCUT2D eigenvalue weighted by Gasteiger charge is -1.94. The van der Waals surface area contributed by atoms with Gasteiger partial charge in [0, 0.05) is 0 Å². The van der Waals surface area contributed by atoms with Gasteiger partial charge in [-0.25, -0.2) is 0 Å². The van der Waals surface area contributed by atoms with E-state index in [0.29, 0.717) is 40.8 Å². The van der Waals surface area contributed by atoms with E-state index in [2.05, 4.69) is 20.4 Å². The van der Waals surface area contributed by atoms with Crippen LogP contribution < -0.4 is 0 Å². The van der Waals surface area contributed by atoms with Crippen LogP contribution in [0.4, 0.5) is 0 Å². The van der Waals surface area contributed by atoms with Crippen molar-refractivity contribution >= 4 is 11.8 Å². The number of aromatic nitrogens is 4. The number of rotatable bonds is 6. The Morgan fingerprint density at radius 2 is 1.71 bits per heavy atom. The van der Waals surface area contributed by atoms with Crippen LogP contribution in [0.15, 0.2) is 67.2 Å². The number of furan rings is 1. The maximum absolute atomic E-state index is 5.62. The zero-order valence-electron chi connectivity index (χ0n) is 12.5. The second-order valence-corrected chi connectivity index (χ2v) is 5.82. The summed E-state index contributed by atoms with van der Waals surface area (Å²) in [5.74, 6) is 2.38. The zero-order valence-corrected chi connectivity index (χ0v) is 13.3. The third-order valence-corrected chi connectivity index (χ3v) is 3.97. The normalized spacial score (nSPS) is 11.0. The van der Waals surface area contributed by atoms with E-state index in [1.54, 1.807) is 18.4 Å². The molecule has 0 spiro atoms. The van der Waals surface area contributed by atoms with Gasteiger partial charge in [0.1, 0.15) is 0 Å². The summed E-state index contributed by atoms with van der Waals surface area (Å²) in [6.45, 7) is 0. The average Bonchev–Trinajstić information content (AvgIpc) is 3.35. The SMILES string of the molecule is c1ccc(Cc2nnc(SCc3nnc(-c4ccco4)o3)o2)cc1. The van der Waals surface area contributed by atoms with Gasteiger partial charge in [-0.3, -0.25) is 0 Å². The largest absolute Gasteiger partial charge is 0.459 e. The number of thioether (sulfide) groups is 1. The molecule has 4 aromatic rings. The van der Waals surface area contributed by atoms with E-state index < -0.39 is 0 Å². The van der Waals surface area contributed by atoms with Crippen LogP contribution in [-0.2, 0) is 12.2 Å². The molecule has 0 radical (unpaired) electrons. The fourth-order valence-electron chi connectivity index (χ4n) is 2.07. The second kappa shape index (κ2) is 6.71. The number of hydrogen-bond donors (Lipinski definition) is 0. The number of benzene rings is 1. The van der Waals surface area contributed by atoms with Gasteiger partial charge in [-0.15, -0.1) is 20.4 Å². The lowest BCUT2D eigenvalue weighted by Crippen LogP contribution is -1.87. The Bertz CT molecular complexity index is 902. The van der Waals surface area contributed by atoms with Crippen molar-refractivity contribution in [2.75, 3.05) is 0 Å². The quantitative estimate of drug-likeness (QED) is 0.492. The minimum Gasteiger partial charge on any atom is -0.459 e. The van der Waals surface area contributed by atoms with Gasteiger partial charge in [0.25, 0.3) is 11.1 Å². The molecule has 0 atom stereocenters. The van der Waals surface area contributed by atoms with Gasteiger partial charge in [0.15, 0.2) is 5.76 Å². The van der Waals surface area contributed by atoms with Crippen molar-refractivity contribution in [3.8, 4) is 11.7 Å².